The highest BCUT2D eigenvalue weighted by atomic mass is 19.4. The fourth-order valence-corrected chi connectivity index (χ4v) is 2.54. The molecular formula is C18H14F3NO2. The van der Waals surface area contributed by atoms with Gasteiger partial charge in [0.1, 0.15) is 12.4 Å². The molecule has 3 nitrogen and oxygen atoms in total. The van der Waals surface area contributed by atoms with Crippen LogP contribution >= 0.6 is 0 Å². The molecule has 0 aliphatic carbocycles. The summed E-state index contributed by atoms with van der Waals surface area (Å²) in [5.74, 6) is -1.15. The average molecular weight is 333 g/mol. The van der Waals surface area contributed by atoms with Gasteiger partial charge in [0.2, 0.25) is 0 Å². The van der Waals surface area contributed by atoms with Crippen LogP contribution in [0.5, 0.6) is 5.75 Å². The minimum atomic E-state index is -4.89. The first-order chi connectivity index (χ1) is 11.5. The molecule has 3 rings (SSSR count). The number of fused-ring (bicyclic) bond motifs is 1. The van der Waals surface area contributed by atoms with E-state index < -0.39 is 12.0 Å². The molecule has 3 aromatic rings. The normalized spacial score (nSPS) is 11.6. The van der Waals surface area contributed by atoms with Gasteiger partial charge < -0.3 is 9.30 Å². The van der Waals surface area contributed by atoms with Gasteiger partial charge in [-0.3, -0.25) is 4.79 Å². The second kappa shape index (κ2) is 6.39. The van der Waals surface area contributed by atoms with Crippen LogP contribution in [0, 0.1) is 0 Å². The molecule has 24 heavy (non-hydrogen) atoms. The molecule has 0 spiro atoms. The molecular weight excluding hydrogens is 319 g/mol. The van der Waals surface area contributed by atoms with Gasteiger partial charge in [0.25, 0.3) is 5.78 Å². The SMILES string of the molecule is O=C(c1cn(CCOc2ccccc2)c2ccccc12)C(F)(F)F. The largest absolute Gasteiger partial charge is 0.492 e. The smallest absolute Gasteiger partial charge is 0.454 e. The molecule has 2 aromatic carbocycles. The van der Waals surface area contributed by atoms with Crippen molar-refractivity contribution in [2.24, 2.45) is 0 Å². The van der Waals surface area contributed by atoms with E-state index in [-0.39, 0.29) is 12.2 Å². The van der Waals surface area contributed by atoms with Crippen molar-refractivity contribution in [1.82, 2.24) is 4.57 Å². The van der Waals surface area contributed by atoms with E-state index in [2.05, 4.69) is 0 Å². The molecule has 0 aliphatic rings. The number of benzene rings is 2. The molecule has 0 unspecified atom stereocenters. The van der Waals surface area contributed by atoms with Crippen molar-refractivity contribution in [3.8, 4) is 5.75 Å². The number of carbonyl (C=O) groups is 1. The van der Waals surface area contributed by atoms with Gasteiger partial charge >= 0.3 is 6.18 Å². The third-order valence-corrected chi connectivity index (χ3v) is 3.63. The number of hydrogen-bond acceptors (Lipinski definition) is 2. The summed E-state index contributed by atoms with van der Waals surface area (Å²) in [4.78, 5) is 11.6. The zero-order chi connectivity index (χ0) is 17.2. The van der Waals surface area contributed by atoms with Crippen molar-refractivity contribution in [1.29, 1.82) is 0 Å². The molecule has 0 bridgehead atoms. The van der Waals surface area contributed by atoms with Gasteiger partial charge in [-0.15, -0.1) is 0 Å². The van der Waals surface area contributed by atoms with E-state index in [1.165, 1.54) is 12.3 Å². The van der Waals surface area contributed by atoms with E-state index >= 15 is 0 Å². The third kappa shape index (κ3) is 3.27. The summed E-state index contributed by atoms with van der Waals surface area (Å²) in [5.41, 5.74) is 0.236. The van der Waals surface area contributed by atoms with Crippen molar-refractivity contribution in [2.45, 2.75) is 12.7 Å². The lowest BCUT2D eigenvalue weighted by Crippen LogP contribution is -2.22. The monoisotopic (exact) mass is 333 g/mol. The van der Waals surface area contributed by atoms with Gasteiger partial charge in [-0.2, -0.15) is 13.2 Å². The molecule has 0 radical (unpaired) electrons. The topological polar surface area (TPSA) is 31.2 Å². The molecule has 1 heterocycles. The number of halogens is 3. The molecule has 0 aliphatic heterocycles. The first kappa shape index (κ1) is 16.1. The Kier molecular flexibility index (Phi) is 4.29. The van der Waals surface area contributed by atoms with E-state index in [0.717, 1.165) is 0 Å². The van der Waals surface area contributed by atoms with Crippen LogP contribution in [0.2, 0.25) is 0 Å². The van der Waals surface area contributed by atoms with E-state index in [1.54, 1.807) is 34.9 Å². The van der Waals surface area contributed by atoms with Crippen molar-refractivity contribution in [3.63, 3.8) is 0 Å². The predicted octanol–water partition coefficient (Wildman–Crippen LogP) is 4.47. The van der Waals surface area contributed by atoms with Crippen LogP contribution < -0.4 is 4.74 Å². The van der Waals surface area contributed by atoms with Gasteiger partial charge in [-0.25, -0.2) is 0 Å². The van der Waals surface area contributed by atoms with E-state index in [4.69, 9.17) is 4.74 Å². The highest BCUT2D eigenvalue weighted by Crippen LogP contribution is 2.28. The number of aromatic nitrogens is 1. The van der Waals surface area contributed by atoms with Crippen molar-refractivity contribution in [3.05, 3.63) is 66.4 Å². The average Bonchev–Trinajstić information content (AvgIpc) is 2.93. The van der Waals surface area contributed by atoms with Crippen molar-refractivity contribution < 1.29 is 22.7 Å². The lowest BCUT2D eigenvalue weighted by Gasteiger charge is -2.08. The van der Waals surface area contributed by atoms with Gasteiger partial charge in [0.05, 0.1) is 12.1 Å². The molecule has 1 aromatic heterocycles. The fraction of sp³-hybridized carbons (Fsp3) is 0.167. The van der Waals surface area contributed by atoms with Gasteiger partial charge in [0, 0.05) is 17.1 Å². The third-order valence-electron chi connectivity index (χ3n) is 3.63. The summed E-state index contributed by atoms with van der Waals surface area (Å²) in [7, 11) is 0. The van der Waals surface area contributed by atoms with Crippen LogP contribution in [0.15, 0.2) is 60.8 Å². The minimum Gasteiger partial charge on any atom is -0.492 e. The van der Waals surface area contributed by atoms with Gasteiger partial charge in [-0.1, -0.05) is 36.4 Å². The quantitative estimate of drug-likeness (QED) is 0.645. The highest BCUT2D eigenvalue weighted by Gasteiger charge is 2.40. The molecule has 0 N–H and O–H groups in total. The predicted molar refractivity (Wildman–Crippen MR) is 84.3 cm³/mol. The Balaban J connectivity index is 1.85. The summed E-state index contributed by atoms with van der Waals surface area (Å²) < 4.78 is 45.5. The van der Waals surface area contributed by atoms with Crippen LogP contribution in [0.1, 0.15) is 10.4 Å². The maximum Gasteiger partial charge on any atom is 0.454 e. The fourth-order valence-electron chi connectivity index (χ4n) is 2.54. The minimum absolute atomic E-state index is 0.280. The Labute approximate surface area is 136 Å². The number of ketones is 1. The molecule has 0 saturated heterocycles. The van der Waals surface area contributed by atoms with E-state index in [0.29, 0.717) is 23.2 Å². The number of rotatable bonds is 5. The molecule has 0 amide bonds. The number of hydrogen-bond donors (Lipinski definition) is 0. The number of nitrogens with zero attached hydrogens (tertiary/aromatic N) is 1. The molecule has 6 heteroatoms. The number of Topliss-reactive ketones (excluding diaryl/α,β-unsaturated/α-hetero) is 1. The summed E-state index contributed by atoms with van der Waals surface area (Å²) in [6.45, 7) is 0.614. The van der Waals surface area contributed by atoms with Crippen molar-refractivity contribution >= 4 is 16.7 Å². The van der Waals surface area contributed by atoms with Gasteiger partial charge in [0.15, 0.2) is 0 Å². The summed E-state index contributed by atoms with van der Waals surface area (Å²) in [6.07, 6.45) is -3.65. The zero-order valence-corrected chi connectivity index (χ0v) is 12.6. The summed E-state index contributed by atoms with van der Waals surface area (Å²) >= 11 is 0. The molecule has 0 atom stereocenters. The Hall–Kier alpha value is -2.76. The Bertz CT molecular complexity index is 854. The second-order valence-corrected chi connectivity index (χ2v) is 5.24. The van der Waals surface area contributed by atoms with Crippen LogP contribution in [0.4, 0.5) is 13.2 Å². The number of ether oxygens (including phenoxy) is 1. The molecule has 124 valence electrons. The zero-order valence-electron chi connectivity index (χ0n) is 12.6. The van der Waals surface area contributed by atoms with Crippen LogP contribution in [-0.2, 0) is 6.54 Å². The Morgan fingerprint density at radius 1 is 1.00 bits per heavy atom. The Morgan fingerprint density at radius 3 is 2.38 bits per heavy atom. The van der Waals surface area contributed by atoms with E-state index in [9.17, 15) is 18.0 Å². The molecule has 0 saturated carbocycles. The van der Waals surface area contributed by atoms with Gasteiger partial charge in [-0.05, 0) is 18.2 Å². The van der Waals surface area contributed by atoms with Crippen molar-refractivity contribution in [2.75, 3.05) is 6.61 Å². The lowest BCUT2D eigenvalue weighted by molar-refractivity contribution is -0.0884. The maximum atomic E-state index is 12.8. The highest BCUT2D eigenvalue weighted by molar-refractivity contribution is 6.10. The standard InChI is InChI=1S/C18H14F3NO2/c19-18(20,21)17(23)15-12-22(16-9-5-4-8-14(15)16)10-11-24-13-6-2-1-3-7-13/h1-9,12H,10-11H2. The maximum absolute atomic E-state index is 12.8. The second-order valence-electron chi connectivity index (χ2n) is 5.24. The van der Waals surface area contributed by atoms with Crippen LogP contribution in [-0.4, -0.2) is 23.1 Å². The van der Waals surface area contributed by atoms with Crippen LogP contribution in [0.25, 0.3) is 10.9 Å². The number of para-hydroxylation sites is 2. The first-order valence-electron chi connectivity index (χ1n) is 7.34. The molecule has 0 fully saturated rings. The first-order valence-corrected chi connectivity index (χ1v) is 7.34. The Morgan fingerprint density at radius 2 is 1.67 bits per heavy atom. The summed E-state index contributed by atoms with van der Waals surface area (Å²) in [6, 6.07) is 15.7. The number of carbonyl (C=O) groups excluding carboxylic acids is 1. The summed E-state index contributed by atoms with van der Waals surface area (Å²) in [5, 5.41) is 0.291. The van der Waals surface area contributed by atoms with Crippen LogP contribution in [0.3, 0.4) is 0 Å². The lowest BCUT2D eigenvalue weighted by atomic mass is 10.1. The number of alkyl halides is 3. The van der Waals surface area contributed by atoms with E-state index in [1.807, 2.05) is 18.2 Å².